The predicted octanol–water partition coefficient (Wildman–Crippen LogP) is 2.54. The van der Waals surface area contributed by atoms with E-state index in [1.807, 2.05) is 30.0 Å². The van der Waals surface area contributed by atoms with Gasteiger partial charge in [-0.1, -0.05) is 19.1 Å². The van der Waals surface area contributed by atoms with Crippen LogP contribution < -0.4 is 15.2 Å². The highest BCUT2D eigenvalue weighted by Gasteiger charge is 2.28. The van der Waals surface area contributed by atoms with Crippen molar-refractivity contribution < 1.29 is 9.53 Å². The average molecular weight is 468 g/mol. The molecule has 174 valence electrons. The highest BCUT2D eigenvalue weighted by Crippen LogP contribution is 2.35. The molecule has 9 heteroatoms. The van der Waals surface area contributed by atoms with Crippen LogP contribution in [0.3, 0.4) is 0 Å². The topological polar surface area (TPSA) is 70.9 Å². The lowest BCUT2D eigenvalue weighted by Gasteiger charge is -2.36. The van der Waals surface area contributed by atoms with Gasteiger partial charge in [-0.2, -0.15) is 0 Å². The van der Waals surface area contributed by atoms with E-state index in [4.69, 9.17) is 4.74 Å². The fourth-order valence-electron chi connectivity index (χ4n) is 4.75. The number of rotatable bonds is 6. The lowest BCUT2D eigenvalue weighted by Crippen LogP contribution is -2.47. The Kier molecular flexibility index (Phi) is 6.07. The zero-order valence-corrected chi connectivity index (χ0v) is 19.9. The summed E-state index contributed by atoms with van der Waals surface area (Å²) in [6.45, 7) is 8.12. The molecule has 5 rings (SSSR count). The molecule has 2 aliphatic heterocycles. The van der Waals surface area contributed by atoms with E-state index in [2.05, 4.69) is 20.9 Å². The number of piperazine rings is 1. The smallest absolute Gasteiger partial charge is 0.262 e. The average Bonchev–Trinajstić information content (AvgIpc) is 3.41. The van der Waals surface area contributed by atoms with Crippen LogP contribution in [0.15, 0.2) is 35.4 Å². The van der Waals surface area contributed by atoms with Gasteiger partial charge in [-0.25, -0.2) is 4.98 Å². The maximum absolute atomic E-state index is 13.3. The molecule has 0 radical (unpaired) electrons. The highest BCUT2D eigenvalue weighted by atomic mass is 32.1. The lowest BCUT2D eigenvalue weighted by molar-refractivity contribution is -0.131. The molecule has 1 saturated heterocycles. The summed E-state index contributed by atoms with van der Waals surface area (Å²) in [6.07, 6.45) is 2.16. The molecule has 0 spiro atoms. The number of fused-ring (bicyclic) bond motifs is 3. The zero-order valence-electron chi connectivity index (χ0n) is 19.1. The van der Waals surface area contributed by atoms with Crippen LogP contribution in [0.25, 0.3) is 10.2 Å². The van der Waals surface area contributed by atoms with E-state index in [-0.39, 0.29) is 11.5 Å². The Hall–Kier alpha value is -2.91. The predicted molar refractivity (Wildman–Crippen MR) is 130 cm³/mol. The van der Waals surface area contributed by atoms with Gasteiger partial charge in [0.1, 0.15) is 10.6 Å². The third-order valence-corrected chi connectivity index (χ3v) is 7.78. The molecule has 0 atom stereocenters. The molecule has 3 aromatic rings. The zero-order chi connectivity index (χ0) is 22.9. The van der Waals surface area contributed by atoms with Crippen molar-refractivity contribution in [3.8, 4) is 5.75 Å². The van der Waals surface area contributed by atoms with E-state index in [1.165, 1.54) is 0 Å². The minimum absolute atomic E-state index is 0.0101. The largest absolute Gasteiger partial charge is 0.495 e. The van der Waals surface area contributed by atoms with Crippen molar-refractivity contribution in [2.24, 2.45) is 0 Å². The van der Waals surface area contributed by atoms with Crippen LogP contribution in [-0.2, 0) is 24.4 Å². The minimum Gasteiger partial charge on any atom is -0.495 e. The molecule has 33 heavy (non-hydrogen) atoms. The fourth-order valence-corrected chi connectivity index (χ4v) is 5.91. The Labute approximate surface area is 197 Å². The molecule has 2 aliphatic rings. The van der Waals surface area contributed by atoms with Crippen molar-refractivity contribution in [2.75, 3.05) is 44.7 Å². The normalized spacial score (nSPS) is 16.4. The van der Waals surface area contributed by atoms with Gasteiger partial charge < -0.3 is 14.5 Å². The number of amides is 1. The lowest BCUT2D eigenvalue weighted by atomic mass is 10.2. The van der Waals surface area contributed by atoms with E-state index in [0.29, 0.717) is 31.4 Å². The van der Waals surface area contributed by atoms with Crippen LogP contribution >= 0.6 is 11.3 Å². The number of hydrogen-bond donors (Lipinski definition) is 0. The van der Waals surface area contributed by atoms with E-state index >= 15 is 0 Å². The molecule has 0 unspecified atom stereocenters. The number of methoxy groups -OCH3 is 1. The monoisotopic (exact) mass is 467 g/mol. The summed E-state index contributed by atoms with van der Waals surface area (Å²) in [5.41, 5.74) is 2.14. The third-order valence-electron chi connectivity index (χ3n) is 6.66. The van der Waals surface area contributed by atoms with Gasteiger partial charge in [0.25, 0.3) is 5.56 Å². The van der Waals surface area contributed by atoms with Crippen LogP contribution in [0, 0.1) is 0 Å². The number of aromatic nitrogens is 2. The van der Waals surface area contributed by atoms with E-state index in [0.717, 1.165) is 59.4 Å². The summed E-state index contributed by atoms with van der Waals surface area (Å²) in [4.78, 5) is 38.4. The maximum atomic E-state index is 13.3. The molecule has 1 fully saturated rings. The Morgan fingerprint density at radius 3 is 2.67 bits per heavy atom. The summed E-state index contributed by atoms with van der Waals surface area (Å²) >= 11 is 1.54. The third kappa shape index (κ3) is 4.11. The molecule has 0 saturated carbocycles. The van der Waals surface area contributed by atoms with Crippen LogP contribution in [0.2, 0.25) is 0 Å². The van der Waals surface area contributed by atoms with E-state index in [1.54, 1.807) is 29.3 Å². The molecule has 2 aromatic heterocycles. The second-order valence-electron chi connectivity index (χ2n) is 8.53. The van der Waals surface area contributed by atoms with Crippen molar-refractivity contribution in [3.05, 3.63) is 51.4 Å². The van der Waals surface area contributed by atoms with Gasteiger partial charge in [0.2, 0.25) is 5.91 Å². The van der Waals surface area contributed by atoms with E-state index in [9.17, 15) is 9.59 Å². The first-order chi connectivity index (χ1) is 16.1. The molecule has 8 nitrogen and oxygen atoms in total. The number of ether oxygens (including phenoxy) is 1. The number of thiophene rings is 1. The maximum Gasteiger partial charge on any atom is 0.262 e. The molecule has 0 bridgehead atoms. The SMILES string of the molecule is CCC(=O)N1Cc2sc3ncn(CCN4CCN(c5ccccc5OC)CC4)c(=O)c3c2C1. The van der Waals surface area contributed by atoms with Crippen molar-refractivity contribution in [1.29, 1.82) is 0 Å². The van der Waals surface area contributed by atoms with Gasteiger partial charge in [0, 0.05) is 62.7 Å². The molecular formula is C24H29N5O3S. The molecule has 1 aromatic carbocycles. The quantitative estimate of drug-likeness (QED) is 0.555. The van der Waals surface area contributed by atoms with Crippen LogP contribution in [0.1, 0.15) is 23.8 Å². The van der Waals surface area contributed by atoms with Gasteiger partial charge in [0.15, 0.2) is 0 Å². The van der Waals surface area contributed by atoms with Gasteiger partial charge in [-0.15, -0.1) is 11.3 Å². The molecular weight excluding hydrogens is 438 g/mol. The van der Waals surface area contributed by atoms with Crippen LogP contribution in [0.4, 0.5) is 5.69 Å². The van der Waals surface area contributed by atoms with Crippen LogP contribution in [-0.4, -0.2) is 65.1 Å². The molecule has 4 heterocycles. The number of carbonyl (C=O) groups excluding carboxylic acids is 1. The van der Waals surface area contributed by atoms with E-state index < -0.39 is 0 Å². The molecule has 0 N–H and O–H groups in total. The van der Waals surface area contributed by atoms with Crippen LogP contribution in [0.5, 0.6) is 5.75 Å². The highest BCUT2D eigenvalue weighted by molar-refractivity contribution is 7.18. The number of benzene rings is 1. The Balaban J connectivity index is 1.24. The van der Waals surface area contributed by atoms with Gasteiger partial charge in [-0.3, -0.25) is 19.1 Å². The summed E-state index contributed by atoms with van der Waals surface area (Å²) in [5, 5.41) is 0.699. The standard InChI is InChI=1S/C24H29N5O3S/c1-3-21(30)29-14-17-20(15-29)33-23-22(17)24(31)28(16-25-23)13-10-26-8-11-27(12-9-26)18-6-4-5-7-19(18)32-2/h4-7,16H,3,8-15H2,1-2H3. The summed E-state index contributed by atoms with van der Waals surface area (Å²) in [6, 6.07) is 8.13. The van der Waals surface area contributed by atoms with Gasteiger partial charge >= 0.3 is 0 Å². The first kappa shape index (κ1) is 21.9. The first-order valence-corrected chi connectivity index (χ1v) is 12.3. The van der Waals surface area contributed by atoms with Crippen molar-refractivity contribution >= 4 is 33.1 Å². The summed E-state index contributed by atoms with van der Waals surface area (Å²) in [7, 11) is 1.71. The minimum atomic E-state index is 0.0101. The number of carbonyl (C=O) groups is 1. The van der Waals surface area contributed by atoms with Crippen molar-refractivity contribution in [2.45, 2.75) is 33.0 Å². The Morgan fingerprint density at radius 2 is 1.91 bits per heavy atom. The number of nitrogens with zero attached hydrogens (tertiary/aromatic N) is 5. The molecule has 0 aliphatic carbocycles. The Bertz CT molecular complexity index is 1230. The van der Waals surface area contributed by atoms with Crippen molar-refractivity contribution in [3.63, 3.8) is 0 Å². The second kappa shape index (κ2) is 9.15. The summed E-state index contributed by atoms with van der Waals surface area (Å²) in [5.74, 6) is 1.03. The summed E-state index contributed by atoms with van der Waals surface area (Å²) < 4.78 is 7.24. The second-order valence-corrected chi connectivity index (χ2v) is 9.61. The Morgan fingerprint density at radius 1 is 1.12 bits per heavy atom. The first-order valence-electron chi connectivity index (χ1n) is 11.5. The molecule has 1 amide bonds. The number of para-hydroxylation sites is 2. The fraction of sp³-hybridized carbons (Fsp3) is 0.458. The number of anilines is 1. The number of hydrogen-bond acceptors (Lipinski definition) is 7. The van der Waals surface area contributed by atoms with Gasteiger partial charge in [-0.05, 0) is 12.1 Å². The van der Waals surface area contributed by atoms with Crippen molar-refractivity contribution in [1.82, 2.24) is 19.4 Å². The van der Waals surface area contributed by atoms with Gasteiger partial charge in [0.05, 0.1) is 31.1 Å².